The van der Waals surface area contributed by atoms with Crippen LogP contribution in [0.3, 0.4) is 0 Å². The molecule has 0 heterocycles. The predicted octanol–water partition coefficient (Wildman–Crippen LogP) is -2.02. The molecule has 0 radical (unpaired) electrons. The Morgan fingerprint density at radius 1 is 0.889 bits per heavy atom. The summed E-state index contributed by atoms with van der Waals surface area (Å²) in [7, 11) is 1.53. The molecule has 4 N–H and O–H groups in total. The van der Waals surface area contributed by atoms with Crippen LogP contribution < -0.4 is 5.43 Å². The highest BCUT2D eigenvalue weighted by Gasteiger charge is 2.15. The molecule has 0 aromatic rings. The molecule has 9 heteroatoms. The summed E-state index contributed by atoms with van der Waals surface area (Å²) in [6.45, 7) is -0.742. The normalized spacial score (nSPS) is 10.8. The third kappa shape index (κ3) is 8.44. The van der Waals surface area contributed by atoms with E-state index in [4.69, 9.17) is 15.3 Å². The van der Waals surface area contributed by atoms with E-state index in [1.807, 2.05) is 0 Å². The summed E-state index contributed by atoms with van der Waals surface area (Å²) < 4.78 is 0. The van der Waals surface area contributed by atoms with Gasteiger partial charge in [0.1, 0.15) is 6.54 Å². The number of carboxylic acids is 3. The molecule has 9 nitrogen and oxygen atoms in total. The van der Waals surface area contributed by atoms with Crippen molar-refractivity contribution in [2.75, 3.05) is 39.8 Å². The van der Waals surface area contributed by atoms with Gasteiger partial charge in [-0.15, -0.1) is 0 Å². The van der Waals surface area contributed by atoms with Gasteiger partial charge in [-0.3, -0.25) is 24.7 Å². The van der Waals surface area contributed by atoms with E-state index in [2.05, 4.69) is 5.43 Å². The van der Waals surface area contributed by atoms with E-state index in [9.17, 15) is 14.4 Å². The predicted molar refractivity (Wildman–Crippen MR) is 60.0 cm³/mol. The van der Waals surface area contributed by atoms with Gasteiger partial charge in [0, 0.05) is 13.1 Å². The number of rotatable bonds is 10. The lowest BCUT2D eigenvalue weighted by atomic mass is 10.4. The Bertz CT molecular complexity index is 293. The quantitative estimate of drug-likeness (QED) is 0.330. The number of nitrogens with zero attached hydrogens (tertiary/aromatic N) is 2. The van der Waals surface area contributed by atoms with E-state index in [0.29, 0.717) is 0 Å². The fourth-order valence-electron chi connectivity index (χ4n) is 1.29. The Balaban J connectivity index is 4.25. The van der Waals surface area contributed by atoms with E-state index in [1.54, 1.807) is 0 Å². The highest BCUT2D eigenvalue weighted by Crippen LogP contribution is 1.91. The molecule has 0 saturated heterocycles. The van der Waals surface area contributed by atoms with Gasteiger partial charge in [-0.05, 0) is 7.05 Å². The first-order valence-electron chi connectivity index (χ1n) is 5.15. The summed E-state index contributed by atoms with van der Waals surface area (Å²) in [6, 6.07) is 0. The Kier molecular flexibility index (Phi) is 7.59. The molecular weight excluding hydrogens is 246 g/mol. The fraction of sp³-hybridized carbons (Fsp3) is 0.667. The van der Waals surface area contributed by atoms with Crippen molar-refractivity contribution in [3.8, 4) is 0 Å². The standard InChI is InChI=1S/C9H17N3O6/c1-10-12(6-9(17)18)3-2-11(4-7(13)14)5-8(15)16/h10H,2-6H2,1H3,(H,13,14)(H,15,16)(H,17,18). The molecule has 0 atom stereocenters. The van der Waals surface area contributed by atoms with E-state index in [0.717, 1.165) is 0 Å². The summed E-state index contributed by atoms with van der Waals surface area (Å²) in [5.41, 5.74) is 2.63. The van der Waals surface area contributed by atoms with E-state index in [1.165, 1.54) is 17.0 Å². The molecule has 104 valence electrons. The van der Waals surface area contributed by atoms with Crippen LogP contribution in [0.15, 0.2) is 0 Å². The third-order valence-corrected chi connectivity index (χ3v) is 2.05. The number of carboxylic acid groups (broad SMARTS) is 3. The van der Waals surface area contributed by atoms with Gasteiger partial charge < -0.3 is 15.3 Å². The molecule has 0 unspecified atom stereocenters. The molecule has 0 aliphatic rings. The highest BCUT2D eigenvalue weighted by molar-refractivity contribution is 5.72. The lowest BCUT2D eigenvalue weighted by Crippen LogP contribution is -2.46. The van der Waals surface area contributed by atoms with Crippen LogP contribution >= 0.6 is 0 Å². The summed E-state index contributed by atoms with van der Waals surface area (Å²) >= 11 is 0. The molecule has 0 saturated carbocycles. The van der Waals surface area contributed by atoms with Crippen molar-refractivity contribution in [2.24, 2.45) is 0 Å². The van der Waals surface area contributed by atoms with Crippen LogP contribution in [0.5, 0.6) is 0 Å². The minimum Gasteiger partial charge on any atom is -0.480 e. The molecular formula is C9H17N3O6. The van der Waals surface area contributed by atoms with Crippen LogP contribution in [0.2, 0.25) is 0 Å². The zero-order valence-electron chi connectivity index (χ0n) is 10.00. The summed E-state index contributed by atoms with van der Waals surface area (Å²) in [5.74, 6) is -3.30. The molecule has 0 aromatic heterocycles. The average molecular weight is 263 g/mol. The van der Waals surface area contributed by atoms with Crippen LogP contribution in [0.1, 0.15) is 0 Å². The number of aliphatic carboxylic acids is 3. The number of nitrogens with one attached hydrogen (secondary N) is 1. The van der Waals surface area contributed by atoms with Crippen LogP contribution in [0.4, 0.5) is 0 Å². The largest absolute Gasteiger partial charge is 0.480 e. The van der Waals surface area contributed by atoms with Crippen LogP contribution in [0, 0.1) is 0 Å². The molecule has 0 aromatic carbocycles. The van der Waals surface area contributed by atoms with Gasteiger partial charge in [0.15, 0.2) is 0 Å². The smallest absolute Gasteiger partial charge is 0.319 e. The second-order valence-electron chi connectivity index (χ2n) is 3.54. The van der Waals surface area contributed by atoms with E-state index in [-0.39, 0.29) is 19.6 Å². The van der Waals surface area contributed by atoms with Gasteiger partial charge >= 0.3 is 17.9 Å². The highest BCUT2D eigenvalue weighted by atomic mass is 16.4. The zero-order valence-corrected chi connectivity index (χ0v) is 10.00. The van der Waals surface area contributed by atoms with Crippen molar-refractivity contribution in [1.29, 1.82) is 0 Å². The Labute approximate surface area is 104 Å². The molecule has 0 aliphatic heterocycles. The van der Waals surface area contributed by atoms with Crippen molar-refractivity contribution in [1.82, 2.24) is 15.3 Å². The summed E-state index contributed by atoms with van der Waals surface area (Å²) in [4.78, 5) is 32.7. The minimum absolute atomic E-state index is 0.132. The maximum absolute atomic E-state index is 10.5. The fourth-order valence-corrected chi connectivity index (χ4v) is 1.29. The Hall–Kier alpha value is -1.71. The maximum atomic E-state index is 10.5. The van der Waals surface area contributed by atoms with Crippen LogP contribution in [0.25, 0.3) is 0 Å². The molecule has 18 heavy (non-hydrogen) atoms. The first kappa shape index (κ1) is 16.3. The SMILES string of the molecule is CNN(CCN(CC(=O)O)CC(=O)O)CC(=O)O. The average Bonchev–Trinajstić information content (AvgIpc) is 2.21. The molecule has 0 fully saturated rings. The zero-order chi connectivity index (χ0) is 14.1. The number of hydrogen-bond donors (Lipinski definition) is 4. The number of hydrogen-bond acceptors (Lipinski definition) is 6. The molecule has 0 bridgehead atoms. The lowest BCUT2D eigenvalue weighted by molar-refractivity contribution is -0.143. The monoisotopic (exact) mass is 263 g/mol. The summed E-state index contributed by atoms with van der Waals surface area (Å²) in [5, 5.41) is 27.1. The maximum Gasteiger partial charge on any atom is 0.319 e. The van der Waals surface area contributed by atoms with Crippen LogP contribution in [-0.2, 0) is 14.4 Å². The summed E-state index contributed by atoms with van der Waals surface area (Å²) in [6.07, 6.45) is 0. The van der Waals surface area contributed by atoms with Crippen molar-refractivity contribution in [3.05, 3.63) is 0 Å². The third-order valence-electron chi connectivity index (χ3n) is 2.05. The Morgan fingerprint density at radius 3 is 1.67 bits per heavy atom. The number of hydrazine groups is 1. The number of carbonyl (C=O) groups is 3. The van der Waals surface area contributed by atoms with Gasteiger partial charge in [-0.25, -0.2) is 5.01 Å². The van der Waals surface area contributed by atoms with E-state index < -0.39 is 31.0 Å². The molecule has 0 aliphatic carbocycles. The van der Waals surface area contributed by atoms with Gasteiger partial charge in [0.05, 0.1) is 13.1 Å². The van der Waals surface area contributed by atoms with Crippen molar-refractivity contribution in [3.63, 3.8) is 0 Å². The second-order valence-corrected chi connectivity index (χ2v) is 3.54. The van der Waals surface area contributed by atoms with Crippen molar-refractivity contribution in [2.45, 2.75) is 0 Å². The first-order chi connectivity index (χ1) is 8.35. The van der Waals surface area contributed by atoms with E-state index >= 15 is 0 Å². The Morgan fingerprint density at radius 2 is 1.33 bits per heavy atom. The molecule has 0 rings (SSSR count). The van der Waals surface area contributed by atoms with Gasteiger partial charge in [0.25, 0.3) is 0 Å². The van der Waals surface area contributed by atoms with Gasteiger partial charge in [0.2, 0.25) is 0 Å². The van der Waals surface area contributed by atoms with Crippen LogP contribution in [-0.4, -0.2) is 82.9 Å². The second kappa shape index (κ2) is 8.39. The molecule has 0 amide bonds. The molecule has 0 spiro atoms. The van der Waals surface area contributed by atoms with Gasteiger partial charge in [-0.2, -0.15) is 0 Å². The minimum atomic E-state index is -1.13. The van der Waals surface area contributed by atoms with Gasteiger partial charge in [-0.1, -0.05) is 0 Å². The first-order valence-corrected chi connectivity index (χ1v) is 5.15. The van der Waals surface area contributed by atoms with Crippen molar-refractivity contribution < 1.29 is 29.7 Å². The topological polar surface area (TPSA) is 130 Å². The lowest BCUT2D eigenvalue weighted by Gasteiger charge is -2.23. The van der Waals surface area contributed by atoms with Crippen molar-refractivity contribution >= 4 is 17.9 Å².